The van der Waals surface area contributed by atoms with Crippen molar-refractivity contribution in [1.82, 2.24) is 24.4 Å². The van der Waals surface area contributed by atoms with Crippen molar-refractivity contribution < 1.29 is 43.5 Å². The van der Waals surface area contributed by atoms with Crippen LogP contribution in [0.3, 0.4) is 0 Å². The molecule has 4 rings (SSSR count). The van der Waals surface area contributed by atoms with E-state index in [1.807, 2.05) is 0 Å². The summed E-state index contributed by atoms with van der Waals surface area (Å²) >= 11 is 0. The van der Waals surface area contributed by atoms with Crippen LogP contribution in [-0.2, 0) is 6.18 Å². The average molecular weight is 556 g/mol. The number of amides is 2. The second kappa shape index (κ2) is 11.1. The minimum atomic E-state index is -4.45. The second-order valence-electron chi connectivity index (χ2n) is 8.64. The normalized spacial score (nSPS) is 16.1. The number of carbonyl (C=O) groups excluding carboxylic acids is 1. The molecule has 1 fully saturated rings. The van der Waals surface area contributed by atoms with Crippen LogP contribution in [0.25, 0.3) is 5.69 Å². The van der Waals surface area contributed by atoms with Gasteiger partial charge in [0.15, 0.2) is 0 Å². The number of hydrogen-bond acceptors (Lipinski definition) is 10. The highest BCUT2D eigenvalue weighted by Crippen LogP contribution is 2.31. The van der Waals surface area contributed by atoms with E-state index in [4.69, 9.17) is 0 Å². The topological polar surface area (TPSA) is 180 Å². The minimum Gasteiger partial charge on any atom is -0.347 e. The first kappa shape index (κ1) is 29.7. The summed E-state index contributed by atoms with van der Waals surface area (Å²) in [5.74, 6) is -3.29. The SMILES string of the molecule is CC(Nc1nccc(N2CC(O)(O)N(C(O)(O)O)C2=O)n1)c1cn(-c2ccc(C(F)(F)F)cc2)cn1.CCC. The molecule has 0 bridgehead atoms. The van der Waals surface area contributed by atoms with Gasteiger partial charge in [0.25, 0.3) is 5.91 Å². The lowest BCUT2D eigenvalue weighted by molar-refractivity contribution is -0.433. The summed E-state index contributed by atoms with van der Waals surface area (Å²) in [6.07, 6.45) is -2.80. The summed E-state index contributed by atoms with van der Waals surface area (Å²) in [4.78, 5) is 25.1. The quantitative estimate of drug-likeness (QED) is 0.245. The van der Waals surface area contributed by atoms with Crippen LogP contribution in [0.4, 0.5) is 29.7 Å². The highest BCUT2D eigenvalue weighted by atomic mass is 19.4. The van der Waals surface area contributed by atoms with Crippen molar-refractivity contribution in [3.05, 3.63) is 60.3 Å². The molecule has 3 heterocycles. The monoisotopic (exact) mass is 555 g/mol. The zero-order valence-corrected chi connectivity index (χ0v) is 21.1. The molecule has 16 heteroatoms. The Hall–Kier alpha value is -3.83. The Morgan fingerprint density at radius 1 is 1.08 bits per heavy atom. The fourth-order valence-corrected chi connectivity index (χ4v) is 3.53. The summed E-state index contributed by atoms with van der Waals surface area (Å²) in [5.41, 5.74) is 0.150. The Balaban J connectivity index is 0.00000134. The third-order valence-electron chi connectivity index (χ3n) is 5.25. The van der Waals surface area contributed by atoms with Gasteiger partial charge in [-0.25, -0.2) is 14.8 Å². The first-order chi connectivity index (χ1) is 18.1. The van der Waals surface area contributed by atoms with Crippen molar-refractivity contribution >= 4 is 17.8 Å². The molecule has 0 aliphatic carbocycles. The maximum Gasteiger partial charge on any atom is 0.416 e. The van der Waals surface area contributed by atoms with Crippen LogP contribution >= 0.6 is 0 Å². The molecule has 2 aromatic heterocycles. The number of alkyl halides is 3. The molecule has 1 aromatic carbocycles. The van der Waals surface area contributed by atoms with Crippen LogP contribution in [0.2, 0.25) is 0 Å². The van der Waals surface area contributed by atoms with Gasteiger partial charge in [-0.05, 0) is 37.3 Å². The molecule has 39 heavy (non-hydrogen) atoms. The lowest BCUT2D eigenvalue weighted by Crippen LogP contribution is -2.60. The van der Waals surface area contributed by atoms with Gasteiger partial charge < -0.3 is 35.4 Å². The van der Waals surface area contributed by atoms with Crippen molar-refractivity contribution in [3.8, 4) is 5.69 Å². The number of hydrogen-bond donors (Lipinski definition) is 6. The Morgan fingerprint density at radius 2 is 1.69 bits per heavy atom. The van der Waals surface area contributed by atoms with Crippen LogP contribution in [0.1, 0.15) is 44.5 Å². The van der Waals surface area contributed by atoms with E-state index in [1.54, 1.807) is 13.1 Å². The van der Waals surface area contributed by atoms with Gasteiger partial charge in [-0.15, -0.1) is 0 Å². The lowest BCUT2D eigenvalue weighted by Gasteiger charge is -2.31. The molecular weight excluding hydrogens is 527 g/mol. The maximum absolute atomic E-state index is 12.8. The molecule has 1 aliphatic heterocycles. The van der Waals surface area contributed by atoms with Crippen LogP contribution in [-0.4, -0.2) is 74.5 Å². The fourth-order valence-electron chi connectivity index (χ4n) is 3.53. The number of nitrogens with zero attached hydrogens (tertiary/aromatic N) is 6. The Kier molecular flexibility index (Phi) is 8.47. The van der Waals surface area contributed by atoms with E-state index >= 15 is 0 Å². The lowest BCUT2D eigenvalue weighted by atomic mass is 10.2. The van der Waals surface area contributed by atoms with E-state index in [-0.39, 0.29) is 16.7 Å². The van der Waals surface area contributed by atoms with E-state index in [9.17, 15) is 43.5 Å². The number of benzene rings is 1. The van der Waals surface area contributed by atoms with E-state index in [0.29, 0.717) is 16.3 Å². The van der Waals surface area contributed by atoms with Gasteiger partial charge in [0.1, 0.15) is 12.4 Å². The number of aromatic nitrogens is 4. The molecule has 1 saturated heterocycles. The molecule has 1 aliphatic rings. The van der Waals surface area contributed by atoms with Gasteiger partial charge in [-0.2, -0.15) is 23.1 Å². The number of anilines is 2. The molecule has 0 saturated carbocycles. The van der Waals surface area contributed by atoms with E-state index in [0.717, 1.165) is 12.1 Å². The number of urea groups is 1. The van der Waals surface area contributed by atoms with E-state index in [1.165, 1.54) is 41.7 Å². The Bertz CT molecular complexity index is 1280. The van der Waals surface area contributed by atoms with E-state index < -0.39 is 42.4 Å². The number of β-amino-alcohol motifs (C(OH)–C–C–N with tert-alkyl or cyclic N) is 2. The predicted molar refractivity (Wildman–Crippen MR) is 130 cm³/mol. The van der Waals surface area contributed by atoms with Gasteiger partial charge in [0.2, 0.25) is 5.95 Å². The molecule has 13 nitrogen and oxygen atoms in total. The van der Waals surface area contributed by atoms with Crippen LogP contribution in [0.15, 0.2) is 49.1 Å². The van der Waals surface area contributed by atoms with Crippen molar-refractivity contribution in [2.45, 2.75) is 51.4 Å². The maximum atomic E-state index is 12.8. The highest BCUT2D eigenvalue weighted by Gasteiger charge is 2.57. The van der Waals surface area contributed by atoms with Gasteiger partial charge in [0, 0.05) is 18.1 Å². The molecular formula is C23H28F3N7O6. The zero-order valence-electron chi connectivity index (χ0n) is 21.1. The van der Waals surface area contributed by atoms with Crippen LogP contribution < -0.4 is 10.2 Å². The average Bonchev–Trinajstić information content (AvgIpc) is 3.41. The summed E-state index contributed by atoms with van der Waals surface area (Å²) in [6, 6.07) is 3.88. The van der Waals surface area contributed by atoms with Crippen LogP contribution in [0, 0.1) is 0 Å². The van der Waals surface area contributed by atoms with Crippen molar-refractivity contribution in [2.24, 2.45) is 0 Å². The third kappa shape index (κ3) is 6.79. The van der Waals surface area contributed by atoms with E-state index in [2.05, 4.69) is 34.1 Å². The van der Waals surface area contributed by atoms with Crippen molar-refractivity contribution in [3.63, 3.8) is 0 Å². The Morgan fingerprint density at radius 3 is 2.23 bits per heavy atom. The zero-order chi connectivity index (χ0) is 29.2. The van der Waals surface area contributed by atoms with Gasteiger partial charge >= 0.3 is 18.3 Å². The summed E-state index contributed by atoms with van der Waals surface area (Å²) < 4.78 is 39.9. The largest absolute Gasteiger partial charge is 0.416 e. The molecule has 0 radical (unpaired) electrons. The molecule has 2 amide bonds. The van der Waals surface area contributed by atoms with Crippen molar-refractivity contribution in [1.29, 1.82) is 0 Å². The number of halogens is 3. The minimum absolute atomic E-state index is 0.0138. The predicted octanol–water partition coefficient (Wildman–Crippen LogP) is 1.74. The number of carbonyl (C=O) groups is 1. The smallest absolute Gasteiger partial charge is 0.347 e. The molecule has 3 aromatic rings. The first-order valence-electron chi connectivity index (χ1n) is 11.6. The Labute approximate surface area is 220 Å². The summed E-state index contributed by atoms with van der Waals surface area (Å²) in [5, 5.41) is 50.6. The van der Waals surface area contributed by atoms with Crippen molar-refractivity contribution in [2.75, 3.05) is 16.8 Å². The summed E-state index contributed by atoms with van der Waals surface area (Å²) in [6.45, 7) is 5.07. The van der Waals surface area contributed by atoms with Gasteiger partial charge in [-0.3, -0.25) is 4.90 Å². The molecule has 212 valence electrons. The number of nitrogens with one attached hydrogen (secondary N) is 1. The standard InChI is InChI=1S/C20H20F3N7O6.C3H8/c1-11(14-8-28(10-25-14)13-4-2-12(3-5-13)19(21,22)23)26-16-24-7-6-15(27-16)29-9-18(32,33)30(17(29)31)20(34,35)36;1-3-2/h2-8,10-11,32-36H,9H2,1H3,(H,24,26,27);3H2,1-2H3. The number of aliphatic hydroxyl groups is 5. The fraction of sp³-hybridized carbons (Fsp3) is 0.391. The highest BCUT2D eigenvalue weighted by molar-refractivity contribution is 5.94. The number of imidazole rings is 1. The third-order valence-corrected chi connectivity index (χ3v) is 5.25. The molecule has 1 atom stereocenters. The van der Waals surface area contributed by atoms with Crippen LogP contribution in [0.5, 0.6) is 0 Å². The van der Waals surface area contributed by atoms with Gasteiger partial charge in [0.05, 0.1) is 23.6 Å². The van der Waals surface area contributed by atoms with Gasteiger partial charge in [-0.1, -0.05) is 20.3 Å². The number of rotatable bonds is 6. The first-order valence-corrected chi connectivity index (χ1v) is 11.6. The molecule has 1 unspecified atom stereocenters. The molecule has 0 spiro atoms. The molecule has 6 N–H and O–H groups in total. The second-order valence-corrected chi connectivity index (χ2v) is 8.64. The summed E-state index contributed by atoms with van der Waals surface area (Å²) in [7, 11) is 0.